The summed E-state index contributed by atoms with van der Waals surface area (Å²) in [6, 6.07) is 4.57. The Morgan fingerprint density at radius 2 is 2.05 bits per heavy atom. The van der Waals surface area contributed by atoms with Crippen LogP contribution >= 0.6 is 0 Å². The van der Waals surface area contributed by atoms with E-state index in [-0.39, 0.29) is 0 Å². The van der Waals surface area contributed by atoms with Crippen LogP contribution in [0.3, 0.4) is 0 Å². The second-order valence-corrected chi connectivity index (χ2v) is 5.95. The predicted octanol–water partition coefficient (Wildman–Crippen LogP) is 1.76. The third-order valence-electron chi connectivity index (χ3n) is 4.66. The fourth-order valence-corrected chi connectivity index (χ4v) is 3.45. The van der Waals surface area contributed by atoms with Crippen molar-refractivity contribution in [3.05, 3.63) is 23.4 Å². The van der Waals surface area contributed by atoms with E-state index >= 15 is 0 Å². The van der Waals surface area contributed by atoms with E-state index in [0.29, 0.717) is 17.6 Å². The summed E-state index contributed by atoms with van der Waals surface area (Å²) >= 11 is 0. The molecular formula is C15H21N3O2. The first-order valence-corrected chi connectivity index (χ1v) is 7.23. The minimum atomic E-state index is -0.884. The molecule has 2 fully saturated rings. The van der Waals surface area contributed by atoms with Crippen LogP contribution in [0.25, 0.3) is 0 Å². The van der Waals surface area contributed by atoms with Gasteiger partial charge in [-0.1, -0.05) is 0 Å². The normalized spacial score (nSPS) is 26.6. The number of rotatable bonds is 2. The molecule has 0 aromatic carbocycles. The monoisotopic (exact) mass is 275 g/mol. The number of aryl methyl sites for hydroxylation is 1. The molecule has 2 aliphatic rings. The highest BCUT2D eigenvalue weighted by Crippen LogP contribution is 2.30. The Kier molecular flexibility index (Phi) is 3.38. The van der Waals surface area contributed by atoms with E-state index in [1.807, 2.05) is 6.92 Å². The van der Waals surface area contributed by atoms with E-state index in [2.05, 4.69) is 21.8 Å². The van der Waals surface area contributed by atoms with Crippen molar-refractivity contribution in [1.29, 1.82) is 0 Å². The fourth-order valence-electron chi connectivity index (χ4n) is 3.45. The number of hydrogen-bond donors (Lipinski definition) is 1. The van der Waals surface area contributed by atoms with Crippen molar-refractivity contribution in [1.82, 2.24) is 9.88 Å². The molecule has 2 saturated heterocycles. The van der Waals surface area contributed by atoms with Gasteiger partial charge in [0.1, 0.15) is 5.82 Å². The van der Waals surface area contributed by atoms with Crippen LogP contribution in [0.4, 0.5) is 5.82 Å². The molecule has 108 valence electrons. The van der Waals surface area contributed by atoms with Gasteiger partial charge >= 0.3 is 5.97 Å². The van der Waals surface area contributed by atoms with Crippen molar-refractivity contribution in [2.24, 2.45) is 0 Å². The lowest BCUT2D eigenvalue weighted by Gasteiger charge is -2.27. The number of fused-ring (bicyclic) bond motifs is 2. The van der Waals surface area contributed by atoms with Gasteiger partial charge in [-0.3, -0.25) is 4.90 Å². The molecule has 0 spiro atoms. The summed E-state index contributed by atoms with van der Waals surface area (Å²) < 4.78 is 0. The molecule has 20 heavy (non-hydrogen) atoms. The summed E-state index contributed by atoms with van der Waals surface area (Å²) in [6.45, 7) is 3.76. The van der Waals surface area contributed by atoms with Crippen molar-refractivity contribution in [2.45, 2.75) is 38.3 Å². The molecule has 1 N–H and O–H groups in total. The number of likely N-dealkylation sites (N-methyl/N-ethyl adjacent to an activating group) is 1. The molecule has 2 atom stereocenters. The average molecular weight is 275 g/mol. The molecule has 1 aromatic rings. The standard InChI is InChI=1S/C15H21N3O2/c1-10-7-11(15(19)20)8-14(16-10)18-6-5-12-3-4-13(9-18)17(12)2/h7-8,12-13H,3-6,9H2,1-2H3,(H,19,20). The zero-order chi connectivity index (χ0) is 14.3. The molecule has 5 heteroatoms. The third-order valence-corrected chi connectivity index (χ3v) is 4.66. The van der Waals surface area contributed by atoms with E-state index in [9.17, 15) is 9.90 Å². The molecule has 2 unspecified atom stereocenters. The summed E-state index contributed by atoms with van der Waals surface area (Å²) in [5.41, 5.74) is 1.10. The number of anilines is 1. The topological polar surface area (TPSA) is 56.7 Å². The first kappa shape index (κ1) is 13.4. The lowest BCUT2D eigenvalue weighted by Crippen LogP contribution is -2.37. The number of hydrogen-bond acceptors (Lipinski definition) is 4. The van der Waals surface area contributed by atoms with E-state index < -0.39 is 5.97 Å². The van der Waals surface area contributed by atoms with Crippen molar-refractivity contribution >= 4 is 11.8 Å². The van der Waals surface area contributed by atoms with Gasteiger partial charge in [0.15, 0.2) is 0 Å². The van der Waals surface area contributed by atoms with E-state index in [4.69, 9.17) is 0 Å². The average Bonchev–Trinajstić information content (AvgIpc) is 2.62. The van der Waals surface area contributed by atoms with Crippen molar-refractivity contribution < 1.29 is 9.90 Å². The fraction of sp³-hybridized carbons (Fsp3) is 0.600. The van der Waals surface area contributed by atoms with Gasteiger partial charge < -0.3 is 10.0 Å². The first-order valence-electron chi connectivity index (χ1n) is 7.23. The van der Waals surface area contributed by atoms with Crippen molar-refractivity contribution in [2.75, 3.05) is 25.0 Å². The Morgan fingerprint density at radius 1 is 1.30 bits per heavy atom. The summed E-state index contributed by atoms with van der Waals surface area (Å²) in [5.74, 6) is -0.0754. The predicted molar refractivity (Wildman–Crippen MR) is 77.3 cm³/mol. The highest BCUT2D eigenvalue weighted by Gasteiger charge is 2.35. The van der Waals surface area contributed by atoms with Crippen LogP contribution in [-0.2, 0) is 0 Å². The highest BCUT2D eigenvalue weighted by atomic mass is 16.4. The SMILES string of the molecule is Cc1cc(C(=O)O)cc(N2CCC3CCC(C2)N3C)n1. The number of carboxylic acids is 1. The largest absolute Gasteiger partial charge is 0.478 e. The molecule has 3 heterocycles. The maximum absolute atomic E-state index is 11.2. The van der Waals surface area contributed by atoms with Crippen LogP contribution in [-0.4, -0.2) is 53.2 Å². The van der Waals surface area contributed by atoms with Gasteiger partial charge in [0.25, 0.3) is 0 Å². The highest BCUT2D eigenvalue weighted by molar-refractivity contribution is 5.88. The summed E-state index contributed by atoms with van der Waals surface area (Å²) in [6.07, 6.45) is 3.65. The maximum Gasteiger partial charge on any atom is 0.335 e. The molecule has 3 rings (SSSR count). The quantitative estimate of drug-likeness (QED) is 0.891. The Hall–Kier alpha value is -1.62. The van der Waals surface area contributed by atoms with Gasteiger partial charge in [0.05, 0.1) is 5.56 Å². The molecule has 5 nitrogen and oxygen atoms in total. The van der Waals surface area contributed by atoms with Crippen molar-refractivity contribution in [3.8, 4) is 0 Å². The Morgan fingerprint density at radius 3 is 2.80 bits per heavy atom. The van der Waals surface area contributed by atoms with Crippen LogP contribution in [0, 0.1) is 6.92 Å². The van der Waals surface area contributed by atoms with Gasteiger partial charge in [0, 0.05) is 30.9 Å². The second kappa shape index (κ2) is 5.05. The molecule has 0 amide bonds. The van der Waals surface area contributed by atoms with Crippen LogP contribution in [0.5, 0.6) is 0 Å². The lowest BCUT2D eigenvalue weighted by atomic mass is 10.1. The number of pyridine rings is 1. The minimum absolute atomic E-state index is 0.329. The Balaban J connectivity index is 1.87. The van der Waals surface area contributed by atoms with E-state index in [0.717, 1.165) is 31.0 Å². The van der Waals surface area contributed by atoms with Crippen LogP contribution < -0.4 is 4.90 Å². The molecule has 1 aromatic heterocycles. The van der Waals surface area contributed by atoms with Gasteiger partial charge in [-0.15, -0.1) is 0 Å². The molecular weight excluding hydrogens is 254 g/mol. The number of aromatic nitrogens is 1. The van der Waals surface area contributed by atoms with Crippen LogP contribution in [0.2, 0.25) is 0 Å². The van der Waals surface area contributed by atoms with Crippen LogP contribution in [0.15, 0.2) is 12.1 Å². The molecule has 0 aliphatic carbocycles. The van der Waals surface area contributed by atoms with Gasteiger partial charge in [-0.2, -0.15) is 0 Å². The maximum atomic E-state index is 11.2. The number of carboxylic acid groups (broad SMARTS) is 1. The van der Waals surface area contributed by atoms with Crippen molar-refractivity contribution in [3.63, 3.8) is 0 Å². The summed E-state index contributed by atoms with van der Waals surface area (Å²) in [4.78, 5) is 20.4. The zero-order valence-corrected chi connectivity index (χ0v) is 12.0. The van der Waals surface area contributed by atoms with E-state index in [1.165, 1.54) is 12.8 Å². The van der Waals surface area contributed by atoms with Crippen LogP contribution in [0.1, 0.15) is 35.3 Å². The summed E-state index contributed by atoms with van der Waals surface area (Å²) in [7, 11) is 2.21. The number of carbonyl (C=O) groups is 1. The first-order chi connectivity index (χ1) is 9.54. The smallest absolute Gasteiger partial charge is 0.335 e. The second-order valence-electron chi connectivity index (χ2n) is 5.95. The van der Waals surface area contributed by atoms with Gasteiger partial charge in [-0.25, -0.2) is 9.78 Å². The van der Waals surface area contributed by atoms with Gasteiger partial charge in [-0.05, 0) is 45.4 Å². The minimum Gasteiger partial charge on any atom is -0.478 e. The van der Waals surface area contributed by atoms with E-state index in [1.54, 1.807) is 12.1 Å². The summed E-state index contributed by atoms with van der Waals surface area (Å²) in [5, 5.41) is 9.18. The Labute approximate surface area is 119 Å². The zero-order valence-electron chi connectivity index (χ0n) is 12.0. The number of aromatic carboxylic acids is 1. The molecule has 2 bridgehead atoms. The third kappa shape index (κ3) is 2.38. The molecule has 2 aliphatic heterocycles. The number of nitrogens with zero attached hydrogens (tertiary/aromatic N) is 3. The lowest BCUT2D eigenvalue weighted by molar-refractivity contribution is 0.0696. The molecule has 0 radical (unpaired) electrons. The molecule has 0 saturated carbocycles. The van der Waals surface area contributed by atoms with Gasteiger partial charge in [0.2, 0.25) is 0 Å². The Bertz CT molecular complexity index is 532.